The molecular formula is C15H26N2O2. The van der Waals surface area contributed by atoms with Gasteiger partial charge in [0, 0.05) is 31.5 Å². The van der Waals surface area contributed by atoms with Crippen molar-refractivity contribution < 1.29 is 9.84 Å². The zero-order valence-corrected chi connectivity index (χ0v) is 12.2. The number of hydrogen-bond acceptors (Lipinski definition) is 4. The lowest BCUT2D eigenvalue weighted by atomic mass is 10.2. The molecule has 0 aliphatic heterocycles. The van der Waals surface area contributed by atoms with E-state index in [-0.39, 0.29) is 6.10 Å². The van der Waals surface area contributed by atoms with Crippen LogP contribution in [0.25, 0.3) is 0 Å². The van der Waals surface area contributed by atoms with Crippen molar-refractivity contribution in [3.05, 3.63) is 29.8 Å². The summed E-state index contributed by atoms with van der Waals surface area (Å²) in [5.41, 5.74) is 2.14. The highest BCUT2D eigenvalue weighted by Crippen LogP contribution is 2.15. The number of anilines is 1. The molecule has 19 heavy (non-hydrogen) atoms. The van der Waals surface area contributed by atoms with Gasteiger partial charge in [0.2, 0.25) is 0 Å². The first-order valence-electron chi connectivity index (χ1n) is 6.92. The maximum Gasteiger partial charge on any atom is 0.0839 e. The molecule has 1 atom stereocenters. The maximum atomic E-state index is 10.0. The third-order valence-electron chi connectivity index (χ3n) is 3.21. The Labute approximate surface area is 116 Å². The van der Waals surface area contributed by atoms with E-state index in [1.54, 1.807) is 7.11 Å². The molecule has 108 valence electrons. The SMILES string of the molecule is CCN(CC)CC(O)CNc1ccccc1COC. The Morgan fingerprint density at radius 1 is 1.26 bits per heavy atom. The molecule has 0 aliphatic carbocycles. The van der Waals surface area contributed by atoms with Crippen molar-refractivity contribution in [2.24, 2.45) is 0 Å². The van der Waals surface area contributed by atoms with Crippen molar-refractivity contribution in [1.29, 1.82) is 0 Å². The maximum absolute atomic E-state index is 10.0. The van der Waals surface area contributed by atoms with Crippen molar-refractivity contribution in [2.45, 2.75) is 26.6 Å². The minimum atomic E-state index is -0.365. The van der Waals surface area contributed by atoms with E-state index in [1.165, 1.54) is 0 Å². The summed E-state index contributed by atoms with van der Waals surface area (Å²) in [7, 11) is 1.69. The second-order valence-corrected chi connectivity index (χ2v) is 4.61. The minimum absolute atomic E-state index is 0.365. The summed E-state index contributed by atoms with van der Waals surface area (Å²) in [6.07, 6.45) is -0.365. The molecule has 4 nitrogen and oxygen atoms in total. The highest BCUT2D eigenvalue weighted by molar-refractivity contribution is 5.50. The van der Waals surface area contributed by atoms with Crippen LogP contribution in [0.5, 0.6) is 0 Å². The summed E-state index contributed by atoms with van der Waals surface area (Å²) < 4.78 is 5.16. The van der Waals surface area contributed by atoms with Gasteiger partial charge < -0.3 is 20.1 Å². The lowest BCUT2D eigenvalue weighted by Crippen LogP contribution is -2.36. The van der Waals surface area contributed by atoms with Crippen molar-refractivity contribution in [3.63, 3.8) is 0 Å². The average molecular weight is 266 g/mol. The topological polar surface area (TPSA) is 44.7 Å². The molecule has 0 heterocycles. The average Bonchev–Trinajstić information content (AvgIpc) is 2.44. The van der Waals surface area contributed by atoms with Crippen molar-refractivity contribution >= 4 is 5.69 Å². The fourth-order valence-electron chi connectivity index (χ4n) is 2.05. The van der Waals surface area contributed by atoms with Crippen LogP contribution >= 0.6 is 0 Å². The Morgan fingerprint density at radius 2 is 1.95 bits per heavy atom. The van der Waals surface area contributed by atoms with Crippen LogP contribution in [0.15, 0.2) is 24.3 Å². The van der Waals surface area contributed by atoms with E-state index in [9.17, 15) is 5.11 Å². The molecule has 0 bridgehead atoms. The van der Waals surface area contributed by atoms with Gasteiger partial charge in [-0.3, -0.25) is 0 Å². The molecular weight excluding hydrogens is 240 g/mol. The van der Waals surface area contributed by atoms with Gasteiger partial charge in [-0.25, -0.2) is 0 Å². The van der Waals surface area contributed by atoms with E-state index in [0.717, 1.165) is 24.3 Å². The highest BCUT2D eigenvalue weighted by Gasteiger charge is 2.09. The summed E-state index contributed by atoms with van der Waals surface area (Å²) in [6, 6.07) is 8.02. The fourth-order valence-corrected chi connectivity index (χ4v) is 2.05. The predicted molar refractivity (Wildman–Crippen MR) is 79.4 cm³/mol. The van der Waals surface area contributed by atoms with Gasteiger partial charge in [-0.2, -0.15) is 0 Å². The van der Waals surface area contributed by atoms with Gasteiger partial charge in [0.05, 0.1) is 12.7 Å². The van der Waals surface area contributed by atoms with Crippen molar-refractivity contribution in [1.82, 2.24) is 4.90 Å². The van der Waals surface area contributed by atoms with Gasteiger partial charge >= 0.3 is 0 Å². The molecule has 0 aliphatic rings. The highest BCUT2D eigenvalue weighted by atomic mass is 16.5. The molecule has 0 spiro atoms. The first-order valence-corrected chi connectivity index (χ1v) is 6.92. The number of hydrogen-bond donors (Lipinski definition) is 2. The van der Waals surface area contributed by atoms with Crippen molar-refractivity contribution in [3.8, 4) is 0 Å². The first-order chi connectivity index (χ1) is 9.21. The van der Waals surface area contributed by atoms with Gasteiger partial charge in [0.25, 0.3) is 0 Å². The first kappa shape index (κ1) is 16.0. The molecule has 0 saturated carbocycles. The number of para-hydroxylation sites is 1. The van der Waals surface area contributed by atoms with Gasteiger partial charge in [-0.1, -0.05) is 32.0 Å². The summed E-state index contributed by atoms with van der Waals surface area (Å²) in [5, 5.41) is 13.3. The number of likely N-dealkylation sites (N-methyl/N-ethyl adjacent to an activating group) is 1. The number of rotatable bonds is 9. The van der Waals surface area contributed by atoms with Gasteiger partial charge in [-0.05, 0) is 19.2 Å². The van der Waals surface area contributed by atoms with Crippen LogP contribution in [0.1, 0.15) is 19.4 Å². The number of nitrogens with one attached hydrogen (secondary N) is 1. The van der Waals surface area contributed by atoms with Gasteiger partial charge in [0.15, 0.2) is 0 Å². The second kappa shape index (κ2) is 8.91. The number of methoxy groups -OCH3 is 1. The Balaban J connectivity index is 2.47. The molecule has 0 amide bonds. The Morgan fingerprint density at radius 3 is 2.58 bits per heavy atom. The van der Waals surface area contributed by atoms with Crippen molar-refractivity contribution in [2.75, 3.05) is 38.6 Å². The number of aliphatic hydroxyl groups excluding tert-OH is 1. The van der Waals surface area contributed by atoms with Crippen LogP contribution in [0.4, 0.5) is 5.69 Å². The van der Waals surface area contributed by atoms with E-state index in [2.05, 4.69) is 24.1 Å². The molecule has 4 heteroatoms. The van der Waals surface area contributed by atoms with Crippen LogP contribution < -0.4 is 5.32 Å². The number of benzene rings is 1. The van der Waals surface area contributed by atoms with E-state index < -0.39 is 0 Å². The summed E-state index contributed by atoms with van der Waals surface area (Å²) in [6.45, 7) is 7.98. The lowest BCUT2D eigenvalue weighted by Gasteiger charge is -2.22. The van der Waals surface area contributed by atoms with Gasteiger partial charge in [0.1, 0.15) is 0 Å². The largest absolute Gasteiger partial charge is 0.390 e. The minimum Gasteiger partial charge on any atom is -0.390 e. The lowest BCUT2D eigenvalue weighted by molar-refractivity contribution is 0.128. The molecule has 0 fully saturated rings. The molecule has 1 unspecified atom stereocenters. The Kier molecular flexibility index (Phi) is 7.48. The third-order valence-corrected chi connectivity index (χ3v) is 3.21. The predicted octanol–water partition coefficient (Wildman–Crippen LogP) is 1.95. The van der Waals surface area contributed by atoms with E-state index in [0.29, 0.717) is 19.7 Å². The smallest absolute Gasteiger partial charge is 0.0839 e. The Hall–Kier alpha value is -1.10. The van der Waals surface area contributed by atoms with Crippen LogP contribution in [-0.4, -0.2) is 49.4 Å². The number of ether oxygens (including phenoxy) is 1. The zero-order valence-electron chi connectivity index (χ0n) is 12.2. The van der Waals surface area contributed by atoms with Crippen LogP contribution in [0.3, 0.4) is 0 Å². The van der Waals surface area contributed by atoms with Crippen LogP contribution in [-0.2, 0) is 11.3 Å². The molecule has 0 radical (unpaired) electrons. The van der Waals surface area contributed by atoms with E-state index in [4.69, 9.17) is 4.74 Å². The molecule has 0 aromatic heterocycles. The standard InChI is InChI=1S/C15H26N2O2/c1-4-17(5-2)11-14(18)10-16-15-9-7-6-8-13(15)12-19-3/h6-9,14,16,18H,4-5,10-12H2,1-3H3. The van der Waals surface area contributed by atoms with E-state index >= 15 is 0 Å². The summed E-state index contributed by atoms with van der Waals surface area (Å²) in [5.74, 6) is 0. The summed E-state index contributed by atoms with van der Waals surface area (Å²) >= 11 is 0. The van der Waals surface area contributed by atoms with E-state index in [1.807, 2.05) is 24.3 Å². The monoisotopic (exact) mass is 266 g/mol. The van der Waals surface area contributed by atoms with Gasteiger partial charge in [-0.15, -0.1) is 0 Å². The quantitative estimate of drug-likeness (QED) is 0.717. The summed E-state index contributed by atoms with van der Waals surface area (Å²) in [4.78, 5) is 2.22. The second-order valence-electron chi connectivity index (χ2n) is 4.61. The number of nitrogens with zero attached hydrogens (tertiary/aromatic N) is 1. The molecule has 1 aromatic carbocycles. The molecule has 1 rings (SSSR count). The van der Waals surface area contributed by atoms with Crippen LogP contribution in [0.2, 0.25) is 0 Å². The molecule has 1 aromatic rings. The van der Waals surface area contributed by atoms with Crippen LogP contribution in [0, 0.1) is 0 Å². The fraction of sp³-hybridized carbons (Fsp3) is 0.600. The Bertz CT molecular complexity index is 354. The zero-order chi connectivity index (χ0) is 14.1. The normalized spacial score (nSPS) is 12.7. The molecule has 2 N–H and O–H groups in total. The number of aliphatic hydroxyl groups is 1. The molecule has 0 saturated heterocycles. The third kappa shape index (κ3) is 5.59.